The van der Waals surface area contributed by atoms with Crippen molar-refractivity contribution in [3.8, 4) is 0 Å². The van der Waals surface area contributed by atoms with Gasteiger partial charge in [-0.05, 0) is 34.7 Å². The van der Waals surface area contributed by atoms with Crippen molar-refractivity contribution in [2.24, 2.45) is 5.14 Å². The first-order chi connectivity index (χ1) is 11.3. The van der Waals surface area contributed by atoms with Crippen LogP contribution in [0.4, 0.5) is 0 Å². The van der Waals surface area contributed by atoms with Gasteiger partial charge in [-0.2, -0.15) is 0 Å². The van der Waals surface area contributed by atoms with Crippen LogP contribution in [-0.2, 0) is 16.6 Å². The smallest absolute Gasteiger partial charge is 0.251 e. The van der Waals surface area contributed by atoms with Crippen LogP contribution in [0.15, 0.2) is 52.0 Å². The Bertz CT molecular complexity index is 1010. The van der Waals surface area contributed by atoms with Crippen LogP contribution in [0.5, 0.6) is 0 Å². The summed E-state index contributed by atoms with van der Waals surface area (Å²) >= 11 is 0. The fourth-order valence-electron chi connectivity index (χ4n) is 2.10. The number of carbonyl (C=O) groups is 1. The number of sulfonamides is 1. The van der Waals surface area contributed by atoms with Gasteiger partial charge in [0.05, 0.1) is 4.90 Å². The van der Waals surface area contributed by atoms with Crippen molar-refractivity contribution in [2.45, 2.75) is 11.4 Å². The average Bonchev–Trinajstić information content (AvgIpc) is 2.93. The van der Waals surface area contributed by atoms with Gasteiger partial charge in [0.15, 0.2) is 0 Å². The van der Waals surface area contributed by atoms with Crippen LogP contribution in [0.1, 0.15) is 15.9 Å². The number of aromatic nitrogens is 2. The van der Waals surface area contributed by atoms with Gasteiger partial charge in [-0.15, -0.1) is 0 Å². The van der Waals surface area contributed by atoms with Crippen LogP contribution in [0.2, 0.25) is 0 Å². The molecule has 3 N–H and O–H groups in total. The van der Waals surface area contributed by atoms with Crippen molar-refractivity contribution in [1.82, 2.24) is 10.5 Å². The Hall–Kier alpha value is -2.98. The van der Waals surface area contributed by atoms with Gasteiger partial charge < -0.3 is 10.5 Å². The highest BCUT2D eigenvalue weighted by molar-refractivity contribution is 7.89. The topological polar surface area (TPSA) is 142 Å². The summed E-state index contributed by atoms with van der Waals surface area (Å²) in [4.78, 5) is 12.4. The molecule has 2 aromatic carbocycles. The summed E-state index contributed by atoms with van der Waals surface area (Å²) in [7, 11) is -3.74. The highest BCUT2D eigenvalue weighted by Crippen LogP contribution is 2.11. The van der Waals surface area contributed by atoms with Crippen molar-refractivity contribution < 1.29 is 22.7 Å². The Balaban J connectivity index is 1.70. The van der Waals surface area contributed by atoms with E-state index < -0.39 is 10.0 Å². The molecule has 24 heavy (non-hydrogen) atoms. The fourth-order valence-corrected chi connectivity index (χ4v) is 2.61. The van der Waals surface area contributed by atoms with Gasteiger partial charge in [-0.1, -0.05) is 12.1 Å². The van der Waals surface area contributed by atoms with Crippen molar-refractivity contribution >= 4 is 27.0 Å². The number of carbonyl (C=O) groups excluding carboxylic acids is 1. The number of nitrogens with zero attached hydrogens (tertiary/aromatic N) is 2. The van der Waals surface area contributed by atoms with E-state index in [0.29, 0.717) is 11.1 Å². The maximum atomic E-state index is 12.1. The molecule has 0 aliphatic carbocycles. The Morgan fingerprint density at radius 1 is 1.25 bits per heavy atom. The quantitative estimate of drug-likeness (QED) is 0.637. The zero-order valence-corrected chi connectivity index (χ0v) is 13.0. The molecular weight excluding hydrogens is 336 g/mol. The van der Waals surface area contributed by atoms with Gasteiger partial charge in [0.1, 0.15) is 0 Å². The van der Waals surface area contributed by atoms with E-state index in [-0.39, 0.29) is 33.3 Å². The molecule has 0 fully saturated rings. The monoisotopic (exact) mass is 348 g/mol. The van der Waals surface area contributed by atoms with E-state index in [1.54, 1.807) is 12.1 Å². The van der Waals surface area contributed by atoms with E-state index in [2.05, 4.69) is 15.1 Å². The van der Waals surface area contributed by atoms with E-state index in [4.69, 9.17) is 5.14 Å². The highest BCUT2D eigenvalue weighted by Gasteiger charge is 2.13. The lowest BCUT2D eigenvalue weighted by molar-refractivity contribution is -0.782. The molecule has 0 unspecified atom stereocenters. The van der Waals surface area contributed by atoms with Gasteiger partial charge in [-0.25, -0.2) is 13.6 Å². The van der Waals surface area contributed by atoms with Gasteiger partial charge in [0.25, 0.3) is 5.91 Å². The summed E-state index contributed by atoms with van der Waals surface area (Å²) in [6.45, 7) is 0.197. The largest absolute Gasteiger partial charge is 0.359 e. The van der Waals surface area contributed by atoms with Crippen LogP contribution >= 0.6 is 0 Å². The lowest BCUT2D eigenvalue weighted by atomic mass is 10.1. The number of nitrogens with one attached hydrogen (secondary N) is 1. The molecule has 0 radical (unpaired) electrons. The molecule has 1 aromatic heterocycles. The molecule has 0 spiro atoms. The van der Waals surface area contributed by atoms with Crippen LogP contribution in [0.3, 0.4) is 0 Å². The van der Waals surface area contributed by atoms with Crippen LogP contribution < -0.4 is 15.4 Å². The first kappa shape index (κ1) is 15.9. The maximum Gasteiger partial charge on any atom is 0.251 e. The molecule has 3 rings (SSSR count). The number of amides is 1. The zero-order chi connectivity index (χ0) is 17.3. The summed E-state index contributed by atoms with van der Waals surface area (Å²) in [5.41, 5.74) is 1.52. The summed E-state index contributed by atoms with van der Waals surface area (Å²) in [6, 6.07) is 10.2. The summed E-state index contributed by atoms with van der Waals surface area (Å²) in [5.74, 6) is -0.368. The molecule has 0 aliphatic rings. The number of fused-ring (bicyclic) bond motifs is 1. The van der Waals surface area contributed by atoms with Crippen LogP contribution in [0.25, 0.3) is 11.0 Å². The van der Waals surface area contributed by atoms with Crippen molar-refractivity contribution in [2.75, 3.05) is 0 Å². The molecule has 0 bridgehead atoms. The standard InChI is InChI=1S/C14H12N4O5S/c15-24(21,22)11-4-1-9(2-5-11)8-16-14(19)10-3-6-13-12(7-10)17-23-18(13)20/h1-7H,8H2,(H,16,19)(H2,15,21,22). The number of hydrogen-bond donors (Lipinski definition) is 2. The Kier molecular flexibility index (Phi) is 3.91. The molecule has 10 heteroatoms. The van der Waals surface area contributed by atoms with Crippen LogP contribution in [0, 0.1) is 5.21 Å². The first-order valence-electron chi connectivity index (χ1n) is 6.74. The molecule has 1 amide bonds. The number of primary sulfonamides is 1. The molecule has 0 saturated heterocycles. The normalized spacial score (nSPS) is 11.5. The molecule has 0 saturated carbocycles. The van der Waals surface area contributed by atoms with Gasteiger partial charge in [0, 0.05) is 23.3 Å². The van der Waals surface area contributed by atoms with Gasteiger partial charge in [0.2, 0.25) is 21.1 Å². The Labute approximate surface area is 136 Å². The summed E-state index contributed by atoms with van der Waals surface area (Å²) in [6.07, 6.45) is 0. The minimum absolute atomic E-state index is 0.0000209. The van der Waals surface area contributed by atoms with Gasteiger partial charge >= 0.3 is 0 Å². The SMILES string of the molecule is NS(=O)(=O)c1ccc(CNC(=O)c2ccc3c(c2)no[n+]3[O-])cc1. The minimum Gasteiger partial charge on any atom is -0.359 e. The second-order valence-electron chi connectivity index (χ2n) is 5.01. The molecule has 3 aromatic rings. The number of benzene rings is 2. The minimum atomic E-state index is -3.74. The third-order valence-corrected chi connectivity index (χ3v) is 4.28. The average molecular weight is 348 g/mol. The molecule has 1 heterocycles. The van der Waals surface area contributed by atoms with Crippen molar-refractivity contribution in [1.29, 1.82) is 0 Å². The Morgan fingerprint density at radius 2 is 1.96 bits per heavy atom. The lowest BCUT2D eigenvalue weighted by Gasteiger charge is -2.06. The fraction of sp³-hybridized carbons (Fsp3) is 0.0714. The summed E-state index contributed by atoms with van der Waals surface area (Å²) < 4.78 is 26.8. The number of nitrogens with two attached hydrogens (primary N) is 1. The van der Waals surface area contributed by atoms with E-state index in [1.165, 1.54) is 30.3 Å². The van der Waals surface area contributed by atoms with Crippen molar-refractivity contribution in [3.05, 3.63) is 58.8 Å². The Morgan fingerprint density at radius 3 is 2.62 bits per heavy atom. The maximum absolute atomic E-state index is 12.1. The van der Waals surface area contributed by atoms with E-state index in [1.807, 2.05) is 0 Å². The third kappa shape index (κ3) is 3.19. The zero-order valence-electron chi connectivity index (χ0n) is 12.2. The lowest BCUT2D eigenvalue weighted by Crippen LogP contribution is -2.24. The highest BCUT2D eigenvalue weighted by atomic mass is 32.2. The van der Waals surface area contributed by atoms with Crippen molar-refractivity contribution in [3.63, 3.8) is 0 Å². The predicted molar refractivity (Wildman–Crippen MR) is 82.0 cm³/mol. The predicted octanol–water partition coefficient (Wildman–Crippen LogP) is 0.0386. The molecular formula is C14H12N4O5S. The van der Waals surface area contributed by atoms with Crippen LogP contribution in [-0.4, -0.2) is 19.5 Å². The molecule has 0 atom stereocenters. The second-order valence-corrected chi connectivity index (χ2v) is 6.57. The molecule has 0 aliphatic heterocycles. The number of rotatable bonds is 4. The first-order valence-corrected chi connectivity index (χ1v) is 8.29. The second kappa shape index (κ2) is 5.91. The van der Waals surface area contributed by atoms with E-state index in [9.17, 15) is 18.4 Å². The van der Waals surface area contributed by atoms with E-state index >= 15 is 0 Å². The third-order valence-electron chi connectivity index (χ3n) is 3.35. The summed E-state index contributed by atoms with van der Waals surface area (Å²) in [5, 5.41) is 22.4. The van der Waals surface area contributed by atoms with Gasteiger partial charge in [-0.3, -0.25) is 9.42 Å². The molecule has 9 nitrogen and oxygen atoms in total. The molecule has 124 valence electrons. The number of hydrogen-bond acceptors (Lipinski definition) is 6. The van der Waals surface area contributed by atoms with E-state index in [0.717, 1.165) is 0 Å².